The number of hydrogen-bond acceptors (Lipinski definition) is 7. The van der Waals surface area contributed by atoms with Gasteiger partial charge in [-0.05, 0) is 48.5 Å². The number of amides is 2. The molecule has 2 heterocycles. The van der Waals surface area contributed by atoms with Crippen molar-refractivity contribution in [3.8, 4) is 5.69 Å². The van der Waals surface area contributed by atoms with Crippen molar-refractivity contribution in [3.05, 3.63) is 95.6 Å². The lowest BCUT2D eigenvalue weighted by Crippen LogP contribution is -2.27. The lowest BCUT2D eigenvalue weighted by atomic mass is 10.1. The first kappa shape index (κ1) is 27.3. The average molecular weight is 587 g/mol. The first-order valence-corrected chi connectivity index (χ1v) is 13.4. The van der Waals surface area contributed by atoms with E-state index in [4.69, 9.17) is 0 Å². The summed E-state index contributed by atoms with van der Waals surface area (Å²) in [5.74, 6) is -1.69. The zero-order valence-electron chi connectivity index (χ0n) is 20.3. The van der Waals surface area contributed by atoms with Crippen LogP contribution in [0.3, 0.4) is 0 Å². The number of thioether (sulfide) groups is 1. The molecular formula is C26H18F4N6O2S2. The van der Waals surface area contributed by atoms with E-state index in [1.165, 1.54) is 52.3 Å². The molecule has 5 rings (SSSR count). The van der Waals surface area contributed by atoms with Crippen LogP contribution >= 0.6 is 23.1 Å². The van der Waals surface area contributed by atoms with Gasteiger partial charge in [-0.15, -0.1) is 10.2 Å². The van der Waals surface area contributed by atoms with Gasteiger partial charge in [0.2, 0.25) is 5.91 Å². The maximum absolute atomic E-state index is 13.6. The van der Waals surface area contributed by atoms with Crippen molar-refractivity contribution in [2.24, 2.45) is 0 Å². The summed E-state index contributed by atoms with van der Waals surface area (Å²) < 4.78 is 56.1. The first-order chi connectivity index (χ1) is 19.2. The highest BCUT2D eigenvalue weighted by Crippen LogP contribution is 2.32. The molecule has 0 aliphatic rings. The van der Waals surface area contributed by atoms with E-state index in [0.29, 0.717) is 10.8 Å². The van der Waals surface area contributed by atoms with Gasteiger partial charge >= 0.3 is 6.18 Å². The largest absolute Gasteiger partial charge is 0.417 e. The molecule has 0 aliphatic heterocycles. The predicted molar refractivity (Wildman–Crippen MR) is 143 cm³/mol. The Morgan fingerprint density at radius 3 is 2.42 bits per heavy atom. The standard InChI is InChI=1S/C26H18F4N6O2S2/c27-15-9-11-16(12-10-15)36-21(13-31-23(38)17-5-1-2-6-18(17)26(28,29)30)34-35-25(36)39-14-22(37)33-24-32-19-7-3-4-8-20(19)40-24/h1-12H,13-14H2,(H,31,38)(H,32,33,37). The van der Waals surface area contributed by atoms with Crippen molar-refractivity contribution >= 4 is 50.3 Å². The predicted octanol–water partition coefficient (Wildman–Crippen LogP) is 5.70. The van der Waals surface area contributed by atoms with E-state index in [1.807, 2.05) is 24.3 Å². The Bertz CT molecular complexity index is 1650. The number of aromatic nitrogens is 4. The summed E-state index contributed by atoms with van der Waals surface area (Å²) in [6, 6.07) is 17.2. The maximum atomic E-state index is 13.6. The highest BCUT2D eigenvalue weighted by Gasteiger charge is 2.34. The topological polar surface area (TPSA) is 102 Å². The van der Waals surface area contributed by atoms with Crippen molar-refractivity contribution in [1.29, 1.82) is 0 Å². The zero-order chi connectivity index (χ0) is 28.3. The molecule has 14 heteroatoms. The summed E-state index contributed by atoms with van der Waals surface area (Å²) >= 11 is 2.37. The summed E-state index contributed by atoms with van der Waals surface area (Å²) in [4.78, 5) is 29.7. The van der Waals surface area contributed by atoms with Gasteiger partial charge < -0.3 is 10.6 Å². The SMILES string of the molecule is O=C(CSc1nnc(CNC(=O)c2ccccc2C(F)(F)F)n1-c1ccc(F)cc1)Nc1nc2ccccc2s1. The minimum atomic E-state index is -4.71. The molecule has 204 valence electrons. The molecular weight excluding hydrogens is 568 g/mol. The Morgan fingerprint density at radius 2 is 1.68 bits per heavy atom. The second-order valence-electron chi connectivity index (χ2n) is 8.26. The lowest BCUT2D eigenvalue weighted by Gasteiger charge is -2.13. The number of para-hydroxylation sites is 1. The van der Waals surface area contributed by atoms with E-state index < -0.39 is 29.0 Å². The number of halogens is 4. The summed E-state index contributed by atoms with van der Waals surface area (Å²) in [6.07, 6.45) is -4.71. The average Bonchev–Trinajstić information content (AvgIpc) is 3.53. The van der Waals surface area contributed by atoms with Crippen molar-refractivity contribution in [2.45, 2.75) is 17.9 Å². The van der Waals surface area contributed by atoms with Crippen LogP contribution in [0.1, 0.15) is 21.7 Å². The fourth-order valence-corrected chi connectivity index (χ4v) is 5.40. The van der Waals surface area contributed by atoms with Crippen LogP contribution in [0.25, 0.3) is 15.9 Å². The van der Waals surface area contributed by atoms with E-state index >= 15 is 0 Å². The minimum absolute atomic E-state index is 0.0689. The Hall–Kier alpha value is -4.30. The van der Waals surface area contributed by atoms with Crippen molar-refractivity contribution in [3.63, 3.8) is 0 Å². The van der Waals surface area contributed by atoms with Crippen LogP contribution in [0.15, 0.2) is 78.0 Å². The van der Waals surface area contributed by atoms with Crippen LogP contribution in [-0.4, -0.2) is 37.3 Å². The summed E-state index contributed by atoms with van der Waals surface area (Å²) in [7, 11) is 0. The zero-order valence-corrected chi connectivity index (χ0v) is 21.9. The highest BCUT2D eigenvalue weighted by atomic mass is 32.2. The fourth-order valence-electron chi connectivity index (χ4n) is 3.75. The van der Waals surface area contributed by atoms with E-state index in [9.17, 15) is 27.2 Å². The smallest absolute Gasteiger partial charge is 0.345 e. The molecule has 0 aliphatic carbocycles. The lowest BCUT2D eigenvalue weighted by molar-refractivity contribution is -0.138. The van der Waals surface area contributed by atoms with Crippen molar-refractivity contribution < 1.29 is 27.2 Å². The number of carbonyl (C=O) groups is 2. The molecule has 0 fully saturated rings. The number of fused-ring (bicyclic) bond motifs is 1. The van der Waals surface area contributed by atoms with E-state index in [1.54, 1.807) is 0 Å². The van der Waals surface area contributed by atoms with Crippen LogP contribution in [-0.2, 0) is 17.5 Å². The number of benzene rings is 3. The van der Waals surface area contributed by atoms with Gasteiger partial charge in [0.1, 0.15) is 5.82 Å². The second kappa shape index (κ2) is 11.4. The number of hydrogen-bond donors (Lipinski definition) is 2. The number of rotatable bonds is 8. The molecule has 2 aromatic heterocycles. The molecule has 0 unspecified atom stereocenters. The third-order valence-electron chi connectivity index (χ3n) is 5.54. The van der Waals surface area contributed by atoms with Gasteiger partial charge in [0, 0.05) is 5.69 Å². The summed E-state index contributed by atoms with van der Waals surface area (Å²) in [6.45, 7) is -0.284. The first-order valence-electron chi connectivity index (χ1n) is 11.6. The molecule has 0 bridgehead atoms. The molecule has 3 aromatic carbocycles. The van der Waals surface area contributed by atoms with Crippen LogP contribution in [0.4, 0.5) is 22.7 Å². The van der Waals surface area contributed by atoms with Gasteiger partial charge in [-0.3, -0.25) is 14.2 Å². The molecule has 5 aromatic rings. The maximum Gasteiger partial charge on any atom is 0.417 e. The van der Waals surface area contributed by atoms with Gasteiger partial charge in [-0.1, -0.05) is 47.4 Å². The number of alkyl halides is 3. The Balaban J connectivity index is 1.33. The molecule has 0 spiro atoms. The van der Waals surface area contributed by atoms with Gasteiger partial charge in [0.05, 0.1) is 33.6 Å². The number of carbonyl (C=O) groups excluding carboxylic acids is 2. The number of nitrogens with zero attached hydrogens (tertiary/aromatic N) is 4. The van der Waals surface area contributed by atoms with Crippen LogP contribution in [0.2, 0.25) is 0 Å². The number of thiazole rings is 1. The third-order valence-corrected chi connectivity index (χ3v) is 7.42. The van der Waals surface area contributed by atoms with E-state index in [-0.39, 0.29) is 29.2 Å². The quantitative estimate of drug-likeness (QED) is 0.179. The van der Waals surface area contributed by atoms with E-state index in [2.05, 4.69) is 25.8 Å². The van der Waals surface area contributed by atoms with Crippen LogP contribution in [0.5, 0.6) is 0 Å². The minimum Gasteiger partial charge on any atom is -0.345 e. The van der Waals surface area contributed by atoms with Gasteiger partial charge in [0.25, 0.3) is 5.91 Å². The van der Waals surface area contributed by atoms with Crippen molar-refractivity contribution in [1.82, 2.24) is 25.1 Å². The van der Waals surface area contributed by atoms with Gasteiger partial charge in [-0.2, -0.15) is 13.2 Å². The van der Waals surface area contributed by atoms with Gasteiger partial charge in [0.15, 0.2) is 16.1 Å². The van der Waals surface area contributed by atoms with Crippen LogP contribution < -0.4 is 10.6 Å². The Morgan fingerprint density at radius 1 is 0.950 bits per heavy atom. The molecule has 0 atom stereocenters. The second-order valence-corrected chi connectivity index (χ2v) is 10.2. The molecule has 0 radical (unpaired) electrons. The monoisotopic (exact) mass is 586 g/mol. The summed E-state index contributed by atoms with van der Waals surface area (Å²) in [5, 5.41) is 14.0. The normalized spacial score (nSPS) is 11.5. The highest BCUT2D eigenvalue weighted by molar-refractivity contribution is 7.99. The van der Waals surface area contributed by atoms with Gasteiger partial charge in [-0.25, -0.2) is 9.37 Å². The van der Waals surface area contributed by atoms with Crippen molar-refractivity contribution in [2.75, 3.05) is 11.1 Å². The molecule has 8 nitrogen and oxygen atoms in total. The molecule has 2 N–H and O–H groups in total. The molecule has 0 saturated carbocycles. The number of nitrogens with one attached hydrogen (secondary N) is 2. The van der Waals surface area contributed by atoms with E-state index in [0.717, 1.165) is 34.1 Å². The Kier molecular flexibility index (Phi) is 7.80. The van der Waals surface area contributed by atoms with Crippen LogP contribution in [0, 0.1) is 5.82 Å². The molecule has 40 heavy (non-hydrogen) atoms. The Labute approximate surface area is 232 Å². The molecule has 2 amide bonds. The summed E-state index contributed by atoms with van der Waals surface area (Å²) in [5.41, 5.74) is -0.414. The fraction of sp³-hybridized carbons (Fsp3) is 0.115. The number of anilines is 1. The third kappa shape index (κ3) is 6.13. The molecule has 0 saturated heterocycles.